The first-order valence-electron chi connectivity index (χ1n) is 43.4. The number of carbonyl (C=O) groups excluding carboxylic acids is 18. The van der Waals surface area contributed by atoms with Gasteiger partial charge in [-0.2, -0.15) is 4.79 Å². The Hall–Kier alpha value is -12.4. The van der Waals surface area contributed by atoms with Crippen LogP contribution in [0.15, 0.2) is 97.1 Å². The summed E-state index contributed by atoms with van der Waals surface area (Å²) in [4.78, 5) is 272. The lowest BCUT2D eigenvalue weighted by molar-refractivity contribution is -0.385. The van der Waals surface area contributed by atoms with Gasteiger partial charge in [-0.1, -0.05) is 76.7 Å². The number of nitrogens with zero attached hydrogens (tertiary/aromatic N) is 7. The number of ether oxygens (including phenoxy) is 4. The molecule has 5 amide bonds. The molecule has 10 rings (SSSR count). The molecule has 48 nitrogen and oxygen atoms in total. The van der Waals surface area contributed by atoms with Crippen LogP contribution in [0.4, 0.5) is 22.7 Å². The van der Waals surface area contributed by atoms with Crippen LogP contribution in [0, 0.1) is 99.6 Å². The van der Waals surface area contributed by atoms with E-state index in [9.17, 15) is 147 Å². The molecule has 0 aliphatic carbocycles. The number of aliphatic hydroxyl groups is 3. The van der Waals surface area contributed by atoms with Crippen molar-refractivity contribution in [1.29, 1.82) is 0 Å². The zero-order valence-corrected chi connectivity index (χ0v) is 88.0. The fraction of sp³-hybridized carbons (Fsp3) is 0.511. The summed E-state index contributed by atoms with van der Waals surface area (Å²) < 4.78 is 30.8. The van der Waals surface area contributed by atoms with Gasteiger partial charge in [-0.15, -0.1) is 12.4 Å². The zero-order valence-electron chi connectivity index (χ0n) is 80.9. The lowest BCUT2D eigenvalue weighted by atomic mass is 9.76. The molecule has 6 aliphatic rings. The number of carbonyl (C=O) groups is 19. The molecule has 0 aromatic heterocycles. The Morgan fingerprint density at radius 3 is 0.979 bits per heavy atom. The number of nitrogens with one attached hydrogen (secondary N) is 4. The average Bonchev–Trinajstić information content (AvgIpc) is 1.55. The number of aliphatic carboxylic acids is 1. The summed E-state index contributed by atoms with van der Waals surface area (Å²) in [6.07, 6.45) is -4.98. The van der Waals surface area contributed by atoms with Gasteiger partial charge in [-0.3, -0.25) is 103 Å². The molecule has 785 valence electrons. The molecular weight excluding hydrogens is 2180 g/mol. The number of carboxylic acids is 1. The predicted molar refractivity (Wildman–Crippen MR) is 530 cm³/mol. The van der Waals surface area contributed by atoms with E-state index in [-0.39, 0.29) is 121 Å². The molecule has 0 saturated carbocycles. The molecule has 6 fully saturated rings. The minimum Gasteiger partial charge on any atom is -0.481 e. The monoisotopic (exact) mass is 2300 g/mol. The van der Waals surface area contributed by atoms with Crippen LogP contribution in [0.3, 0.4) is 0 Å². The van der Waals surface area contributed by atoms with Gasteiger partial charge in [0.15, 0.2) is 28.5 Å². The number of Topliss-reactive ketones (excluding diaryl/α,β-unsaturated/α-hetero) is 5. The molecule has 1 unspecified atom stereocenters. The number of rotatable bonds is 33. The van der Waals surface area contributed by atoms with Crippen LogP contribution in [0.1, 0.15) is 174 Å². The number of non-ortho nitro benzene ring substituents is 4. The summed E-state index contributed by atoms with van der Waals surface area (Å²) in [6, 6.07) is 12.6. The van der Waals surface area contributed by atoms with E-state index in [1.807, 2.05) is 13.8 Å². The fourth-order valence-corrected chi connectivity index (χ4v) is 18.0. The van der Waals surface area contributed by atoms with Crippen molar-refractivity contribution in [3.8, 4) is 0 Å². The Labute approximate surface area is 859 Å². The number of nitro benzene ring substituents is 4. The van der Waals surface area contributed by atoms with Gasteiger partial charge in [0.05, 0.1) is 138 Å². The number of benzene rings is 4. The topological polar surface area (TPSA) is 721 Å². The number of hydrogen-bond acceptors (Lipinski definition) is 36. The second-order valence-electron chi connectivity index (χ2n) is 37.0. The summed E-state index contributed by atoms with van der Waals surface area (Å²) in [5.41, 5.74) is 6.41. The highest BCUT2D eigenvalue weighted by molar-refractivity contribution is 15.0. The predicted octanol–water partition coefficient (Wildman–Crippen LogP) is 7.99. The van der Waals surface area contributed by atoms with Gasteiger partial charge in [-0.05, 0) is 126 Å². The quantitative estimate of drug-likeness (QED) is 0.00182. The highest BCUT2D eigenvalue weighted by Crippen LogP contribution is 2.45. The molecular formula is C90H116BClI2N11O37Si2. The Kier molecular flexibility index (Phi) is 47.4. The van der Waals surface area contributed by atoms with Crippen LogP contribution in [0.2, 0.25) is 36.3 Å². The molecule has 4 aromatic rings. The molecule has 3 radical (unpaired) electrons. The minimum absolute atomic E-state index is 0. The number of carboxylic acid groups (broad SMARTS) is 1. The van der Waals surface area contributed by atoms with Gasteiger partial charge in [0.1, 0.15) is 24.4 Å². The Bertz CT molecular complexity index is 5630. The van der Waals surface area contributed by atoms with E-state index < -0.39 is 257 Å². The maximum absolute atomic E-state index is 12.7. The number of halogens is 3. The van der Waals surface area contributed by atoms with Crippen LogP contribution in [0.5, 0.6) is 0 Å². The van der Waals surface area contributed by atoms with Crippen LogP contribution in [-0.2, 0) is 99.7 Å². The van der Waals surface area contributed by atoms with Crippen LogP contribution in [-0.4, -0.2) is 260 Å². The number of β-lactam (4-membered cyclic amide) rings is 5. The summed E-state index contributed by atoms with van der Waals surface area (Å²) in [5.74, 6) is -23.7. The average molecular weight is 2300 g/mol. The number of aliphatic hydroxyl groups excluding tert-OH is 3. The number of fused-ring (bicyclic) bond motifs is 1. The lowest BCUT2D eigenvalue weighted by Crippen LogP contribution is -2.66. The normalized spacial score (nSPS) is 21.5. The smallest absolute Gasteiger partial charge is 0.442 e. The molecule has 144 heavy (non-hydrogen) atoms. The molecule has 6 saturated heterocycles. The van der Waals surface area contributed by atoms with Crippen LogP contribution >= 0.6 is 49.6 Å². The Balaban J connectivity index is 0.000000903. The van der Waals surface area contributed by atoms with Crippen molar-refractivity contribution in [3.63, 3.8) is 0 Å². The Morgan fingerprint density at radius 1 is 0.458 bits per heavy atom. The van der Waals surface area contributed by atoms with E-state index in [1.54, 1.807) is 13.8 Å². The molecule has 0 spiro atoms. The highest BCUT2D eigenvalue weighted by atomic mass is 128. The largest absolute Gasteiger partial charge is 0.481 e. The van der Waals surface area contributed by atoms with E-state index in [0.717, 1.165) is 102 Å². The van der Waals surface area contributed by atoms with Gasteiger partial charge < -0.3 is 79.9 Å². The van der Waals surface area contributed by atoms with Crippen molar-refractivity contribution in [2.75, 3.05) is 0 Å². The molecule has 6 heterocycles. The first-order valence-corrected chi connectivity index (χ1v) is 55.5. The third kappa shape index (κ3) is 31.3. The first-order chi connectivity index (χ1) is 65.2. The number of hydrogen-bond donors (Lipinski definition) is 8. The van der Waals surface area contributed by atoms with Crippen molar-refractivity contribution >= 4 is 215 Å². The molecule has 21 atom stereocenters. The summed E-state index contributed by atoms with van der Waals surface area (Å²) in [5, 5.41) is 90.9. The van der Waals surface area contributed by atoms with Crippen LogP contribution < -0.4 is 21.3 Å². The second-order valence-corrected chi connectivity index (χ2v) is 46.5. The third-order valence-electron chi connectivity index (χ3n) is 25.5. The molecule has 4 aromatic carbocycles. The van der Waals surface area contributed by atoms with Crippen molar-refractivity contribution in [2.45, 2.75) is 234 Å². The van der Waals surface area contributed by atoms with Crippen molar-refractivity contribution in [1.82, 2.24) is 26.2 Å². The molecule has 8 N–H and O–H groups in total. The number of esters is 8. The van der Waals surface area contributed by atoms with E-state index in [4.69, 9.17) is 24.2 Å². The maximum atomic E-state index is 12.7. The van der Waals surface area contributed by atoms with E-state index >= 15 is 0 Å². The summed E-state index contributed by atoms with van der Waals surface area (Å²) >= 11 is 4.24. The number of amides is 5. The highest BCUT2D eigenvalue weighted by Gasteiger charge is 2.66. The van der Waals surface area contributed by atoms with E-state index in [1.165, 1.54) is 41.5 Å². The lowest BCUT2D eigenvalue weighted by Gasteiger charge is -2.46. The van der Waals surface area contributed by atoms with Crippen molar-refractivity contribution < 1.29 is 165 Å². The SMILES string of the molecule is C.C[C@@H](O)[C@H]1C(=O)N2C(C(=O)C(=O)OC(=O)c3ccc([N+](=O)[O-])cc3)C(=O)[C@H](C)[C@H]12.C[C@@H](O)[C@H]1C(=O)N[C@@H]1[C@@H](C)C(=O)C(=[N+]=[N-])C(=O)OC(=O)c1ccc([N+](=O)[O-])cc1.C[C@@H](O)[C@H]1C(=O)N[C@@H]1[C@@H](C)C(=O)CC(=O)OC(=O)c1ccc([N+](=O)[O-])cc1.C[C@@H](O[Si](C)(C)C(C)(C)C)[C@H]1C(=O)N[C@@H]1[C@@H](C)C(=O)CC(=O)OC(=O)c1ccc([N+](=O)[O-])cc1.C[C@@H](O[Si](C)(C)C(C)(C)C)[C@H]1C(=O)N[C@@H]1[C@@H](C)C(=O)O.Cl.II.[2HH].[B]. The zero-order chi connectivity index (χ0) is 108. The van der Waals surface area contributed by atoms with E-state index in [0.29, 0.717) is 0 Å². The Morgan fingerprint density at radius 2 is 0.722 bits per heavy atom. The fourth-order valence-electron chi connectivity index (χ4n) is 15.1. The molecule has 0 bridgehead atoms. The maximum Gasteiger partial charge on any atom is 0.442 e. The summed E-state index contributed by atoms with van der Waals surface area (Å²) in [6.45, 7) is 36.6. The molecule has 6 aliphatic heterocycles. The summed E-state index contributed by atoms with van der Waals surface area (Å²) in [7, 11) is -4.10. The van der Waals surface area contributed by atoms with Gasteiger partial charge in [-0.25, -0.2) is 28.8 Å². The van der Waals surface area contributed by atoms with Gasteiger partial charge in [0, 0.05) is 119 Å². The number of ketones is 5. The second kappa shape index (κ2) is 53.5. The molecule has 54 heteroatoms. The van der Waals surface area contributed by atoms with Gasteiger partial charge in [0.25, 0.3) is 34.3 Å². The van der Waals surface area contributed by atoms with Gasteiger partial charge >= 0.3 is 59.4 Å². The van der Waals surface area contributed by atoms with Crippen molar-refractivity contribution in [3.05, 3.63) is 165 Å². The first kappa shape index (κ1) is 128. The number of nitro groups is 4. The third-order valence-corrected chi connectivity index (χ3v) is 34.6. The van der Waals surface area contributed by atoms with E-state index in [2.05, 4.69) is 145 Å². The standard InChI is InChI=1S/C23H32N2O8Si.C18H16N2O9.C17H16N4O8.C17H18N2O8.C14H27NO4Si.CH4.B.ClH.I2.H2/c1-13(20-19(21(28)24-20)14(2)33-34(6,7)23(3,4)5)17(26)12-18(27)32-22(29)15-8-10-16(11-9-15)25(30)31;1-7-12-11(8(2)21)16(24)19(12)13(14(7)22)15(23)18(26)29-17(25)9-3-5-10(6-4-9)20(27)28;1-7(12-11(8(2)22)15(24)19-12)14(23)13(20-18)17(26)29-16(25)9-3-5-10(6-4-9)21(27)28;1-8(15-14(9(2)20)16(23)18-15)12(21)7-13(22)27-17(24)10-3-5-11(6-4-10)19(25)26;1-8(13(17)18)11-10(12(16)15-11)9(2)19-20(6,7)14(3,4)5;;;;1-2;/h8-11,13-14,19-20H,12H2,1-7H3,(H,24,28);3-8,11-13,21H,1-2H3;3-8,11-12,22H,1-2H3,(H,19,24);3-6,8-9,14-15,20H,7H2,1-2H3,(H,18,23);8-11H,1-7H3,(H,15,16)(H,17,18);1H4;;1H;;1H/t13-,14+,19+,20+;7-,8-,11-,12-,13?;7-,8-,11-,12-;8-,9+,14+,15+;8-,9-,10-,11-;;;;;/m01101...../s1/i;;;;;;;;;1+1. The van der Waals surface area contributed by atoms with Crippen LogP contribution in [0.25, 0.3) is 5.53 Å². The van der Waals surface area contributed by atoms with Gasteiger partial charge in [0.2, 0.25) is 29.5 Å². The minimum atomic E-state index is -2.13. The van der Waals surface area contributed by atoms with Crippen molar-refractivity contribution in [2.24, 2.45) is 59.2 Å².